The van der Waals surface area contributed by atoms with Gasteiger partial charge in [-0.3, -0.25) is 9.59 Å². The molecule has 1 heterocycles. The number of benzene rings is 1. The fraction of sp³-hybridized carbons (Fsp3) is 0.526. The zero-order valence-electron chi connectivity index (χ0n) is 14.6. The molecule has 5 nitrogen and oxygen atoms in total. The first kappa shape index (κ1) is 16.7. The van der Waals surface area contributed by atoms with Crippen LogP contribution in [0.5, 0.6) is 0 Å². The molecule has 0 saturated heterocycles. The molecule has 1 amide bonds. The summed E-state index contributed by atoms with van der Waals surface area (Å²) < 4.78 is 1.40. The highest BCUT2D eigenvalue weighted by Crippen LogP contribution is 2.24. The van der Waals surface area contributed by atoms with E-state index in [0.717, 1.165) is 31.6 Å². The number of aromatic nitrogens is 2. The van der Waals surface area contributed by atoms with Gasteiger partial charge in [-0.05, 0) is 51.5 Å². The summed E-state index contributed by atoms with van der Waals surface area (Å²) in [6.45, 7) is 6.05. The SMILES string of the molecule is CC1CCC(NC(=O)c2nn(C(C)C)c(=O)c3ccccc23)CC1. The van der Waals surface area contributed by atoms with E-state index in [1.165, 1.54) is 4.68 Å². The molecule has 1 aromatic heterocycles. The van der Waals surface area contributed by atoms with E-state index in [1.54, 1.807) is 12.1 Å². The summed E-state index contributed by atoms with van der Waals surface area (Å²) in [6, 6.07) is 7.32. The molecule has 0 spiro atoms. The Bertz CT molecular complexity index is 802. The van der Waals surface area contributed by atoms with Crippen molar-refractivity contribution in [3.05, 3.63) is 40.3 Å². The summed E-state index contributed by atoms with van der Waals surface area (Å²) in [5.74, 6) is 0.556. The van der Waals surface area contributed by atoms with E-state index in [9.17, 15) is 9.59 Å². The van der Waals surface area contributed by atoms with Gasteiger partial charge in [-0.15, -0.1) is 0 Å². The summed E-state index contributed by atoms with van der Waals surface area (Å²) in [5, 5.41) is 8.66. The molecule has 2 aromatic rings. The van der Waals surface area contributed by atoms with E-state index in [4.69, 9.17) is 0 Å². The summed E-state index contributed by atoms with van der Waals surface area (Å²) in [7, 11) is 0. The number of carbonyl (C=O) groups is 1. The maximum Gasteiger partial charge on any atom is 0.274 e. The first-order valence-corrected chi connectivity index (χ1v) is 8.79. The van der Waals surface area contributed by atoms with Gasteiger partial charge in [0.15, 0.2) is 5.69 Å². The van der Waals surface area contributed by atoms with Crippen LogP contribution in [0.3, 0.4) is 0 Å². The summed E-state index contributed by atoms with van der Waals surface area (Å²) in [6.07, 6.45) is 4.30. The van der Waals surface area contributed by atoms with Crippen molar-refractivity contribution in [2.45, 2.75) is 58.5 Å². The highest BCUT2D eigenvalue weighted by atomic mass is 16.2. The third kappa shape index (κ3) is 3.21. The number of nitrogens with zero attached hydrogens (tertiary/aromatic N) is 2. The van der Waals surface area contributed by atoms with Crippen molar-refractivity contribution in [1.29, 1.82) is 0 Å². The lowest BCUT2D eigenvalue weighted by Gasteiger charge is -2.27. The van der Waals surface area contributed by atoms with Crippen LogP contribution in [0.25, 0.3) is 10.8 Å². The maximum absolute atomic E-state index is 12.8. The molecule has 3 rings (SSSR count). The van der Waals surface area contributed by atoms with E-state index >= 15 is 0 Å². The van der Waals surface area contributed by atoms with Crippen LogP contribution in [0.1, 0.15) is 63.0 Å². The van der Waals surface area contributed by atoms with Crippen molar-refractivity contribution in [2.75, 3.05) is 0 Å². The molecule has 24 heavy (non-hydrogen) atoms. The minimum atomic E-state index is -0.180. The zero-order valence-corrected chi connectivity index (χ0v) is 14.6. The molecule has 1 saturated carbocycles. The van der Waals surface area contributed by atoms with Crippen molar-refractivity contribution in [3.8, 4) is 0 Å². The molecular formula is C19H25N3O2. The lowest BCUT2D eigenvalue weighted by Crippen LogP contribution is -2.39. The minimum Gasteiger partial charge on any atom is -0.348 e. The van der Waals surface area contributed by atoms with E-state index < -0.39 is 0 Å². The normalized spacial score (nSPS) is 21.2. The Kier molecular flexibility index (Phi) is 4.69. The van der Waals surface area contributed by atoms with E-state index in [2.05, 4.69) is 17.3 Å². The molecule has 128 valence electrons. The van der Waals surface area contributed by atoms with Crippen LogP contribution >= 0.6 is 0 Å². The van der Waals surface area contributed by atoms with Crippen LogP contribution in [0.15, 0.2) is 29.1 Å². The number of hydrogen-bond donors (Lipinski definition) is 1. The first-order valence-electron chi connectivity index (χ1n) is 8.79. The number of hydrogen-bond acceptors (Lipinski definition) is 3. The van der Waals surface area contributed by atoms with Gasteiger partial charge in [-0.2, -0.15) is 5.10 Å². The second-order valence-electron chi connectivity index (χ2n) is 7.17. The smallest absolute Gasteiger partial charge is 0.274 e. The third-order valence-corrected chi connectivity index (χ3v) is 4.88. The Morgan fingerprint density at radius 3 is 2.42 bits per heavy atom. The average Bonchev–Trinajstić information content (AvgIpc) is 2.57. The molecular weight excluding hydrogens is 302 g/mol. The Balaban J connectivity index is 1.97. The number of fused-ring (bicyclic) bond motifs is 1. The third-order valence-electron chi connectivity index (χ3n) is 4.88. The molecule has 1 aliphatic carbocycles. The minimum absolute atomic E-state index is 0.0933. The molecule has 1 N–H and O–H groups in total. The van der Waals surface area contributed by atoms with Gasteiger partial charge in [0.2, 0.25) is 0 Å². The van der Waals surface area contributed by atoms with Crippen molar-refractivity contribution in [3.63, 3.8) is 0 Å². The number of carbonyl (C=O) groups excluding carboxylic acids is 1. The average molecular weight is 327 g/mol. The Morgan fingerprint density at radius 2 is 1.79 bits per heavy atom. The van der Waals surface area contributed by atoms with E-state index in [0.29, 0.717) is 16.5 Å². The predicted molar refractivity (Wildman–Crippen MR) is 95.3 cm³/mol. The molecule has 1 fully saturated rings. The molecule has 1 aliphatic rings. The summed E-state index contributed by atoms with van der Waals surface area (Å²) in [4.78, 5) is 25.3. The van der Waals surface area contributed by atoms with Gasteiger partial charge in [-0.25, -0.2) is 4.68 Å². The highest BCUT2D eigenvalue weighted by molar-refractivity contribution is 6.04. The van der Waals surface area contributed by atoms with Gasteiger partial charge in [0.1, 0.15) is 0 Å². The topological polar surface area (TPSA) is 64.0 Å². The van der Waals surface area contributed by atoms with Crippen LogP contribution in [0.2, 0.25) is 0 Å². The predicted octanol–water partition coefficient (Wildman–Crippen LogP) is 3.29. The van der Waals surface area contributed by atoms with Gasteiger partial charge in [0.25, 0.3) is 11.5 Å². The second-order valence-corrected chi connectivity index (χ2v) is 7.17. The zero-order chi connectivity index (χ0) is 17.3. The second kappa shape index (κ2) is 6.75. The van der Waals surface area contributed by atoms with Crippen LogP contribution in [-0.4, -0.2) is 21.7 Å². The van der Waals surface area contributed by atoms with Gasteiger partial charge in [-0.1, -0.05) is 25.1 Å². The van der Waals surface area contributed by atoms with Crippen LogP contribution in [0, 0.1) is 5.92 Å². The first-order chi connectivity index (χ1) is 11.5. The van der Waals surface area contributed by atoms with Crippen molar-refractivity contribution < 1.29 is 4.79 Å². The van der Waals surface area contributed by atoms with Gasteiger partial charge < -0.3 is 5.32 Å². The number of rotatable bonds is 3. The Hall–Kier alpha value is -2.17. The quantitative estimate of drug-likeness (QED) is 0.941. The van der Waals surface area contributed by atoms with E-state index in [1.807, 2.05) is 26.0 Å². The monoisotopic (exact) mass is 327 g/mol. The standard InChI is InChI=1S/C19H25N3O2/c1-12(2)22-19(24)16-7-5-4-6-15(16)17(21-22)18(23)20-14-10-8-13(3)9-11-14/h4-7,12-14H,8-11H2,1-3H3,(H,20,23). The summed E-state index contributed by atoms with van der Waals surface area (Å²) >= 11 is 0. The molecule has 0 radical (unpaired) electrons. The van der Waals surface area contributed by atoms with Crippen LogP contribution in [0.4, 0.5) is 0 Å². The van der Waals surface area contributed by atoms with Gasteiger partial charge >= 0.3 is 0 Å². The highest BCUT2D eigenvalue weighted by Gasteiger charge is 2.23. The largest absolute Gasteiger partial charge is 0.348 e. The molecule has 0 bridgehead atoms. The van der Waals surface area contributed by atoms with Gasteiger partial charge in [0, 0.05) is 11.4 Å². The molecule has 5 heteroatoms. The van der Waals surface area contributed by atoms with Crippen LogP contribution in [-0.2, 0) is 0 Å². The fourth-order valence-electron chi connectivity index (χ4n) is 3.38. The van der Waals surface area contributed by atoms with Crippen molar-refractivity contribution >= 4 is 16.7 Å². The molecule has 1 aromatic carbocycles. The Labute approximate surface area is 142 Å². The van der Waals surface area contributed by atoms with Crippen molar-refractivity contribution in [1.82, 2.24) is 15.1 Å². The lowest BCUT2D eigenvalue weighted by molar-refractivity contribution is 0.0917. The van der Waals surface area contributed by atoms with Gasteiger partial charge in [0.05, 0.1) is 11.4 Å². The lowest BCUT2D eigenvalue weighted by atomic mass is 9.87. The van der Waals surface area contributed by atoms with E-state index in [-0.39, 0.29) is 23.6 Å². The Morgan fingerprint density at radius 1 is 1.17 bits per heavy atom. The molecule has 0 aliphatic heterocycles. The summed E-state index contributed by atoms with van der Waals surface area (Å²) in [5.41, 5.74) is 0.196. The van der Waals surface area contributed by atoms with Crippen LogP contribution < -0.4 is 10.9 Å². The van der Waals surface area contributed by atoms with Crippen molar-refractivity contribution in [2.24, 2.45) is 5.92 Å². The maximum atomic E-state index is 12.8. The number of amides is 1. The molecule has 0 atom stereocenters. The fourth-order valence-corrected chi connectivity index (χ4v) is 3.38. The number of nitrogens with one attached hydrogen (secondary N) is 1. The molecule has 0 unspecified atom stereocenters.